The number of hydrogen-bond donors (Lipinski definition) is 3. The number of nitrogens with one attached hydrogen (secondary N) is 1. The van der Waals surface area contributed by atoms with Crippen LogP contribution < -0.4 is 5.73 Å². The van der Waals surface area contributed by atoms with E-state index in [1.54, 1.807) is 6.20 Å². The molecule has 19 heavy (non-hydrogen) atoms. The fourth-order valence-electron chi connectivity index (χ4n) is 2.25. The van der Waals surface area contributed by atoms with E-state index in [4.69, 9.17) is 5.73 Å². The van der Waals surface area contributed by atoms with Crippen molar-refractivity contribution in [3.63, 3.8) is 0 Å². The van der Waals surface area contributed by atoms with Gasteiger partial charge >= 0.3 is 0 Å². The Balaban J connectivity index is 2.11. The fraction of sp³-hybridized carbons (Fsp3) is 0.133. The third kappa shape index (κ3) is 2.12. The van der Waals surface area contributed by atoms with E-state index in [9.17, 15) is 5.11 Å². The molecule has 0 fully saturated rings. The van der Waals surface area contributed by atoms with Crippen LogP contribution in [0.4, 0.5) is 0 Å². The monoisotopic (exact) mass is 253 g/mol. The van der Waals surface area contributed by atoms with Gasteiger partial charge < -0.3 is 15.8 Å². The molecule has 96 valence electrons. The Morgan fingerprint density at radius 1 is 1.32 bits per heavy atom. The molecule has 0 bridgehead atoms. The molecular formula is C15H15N3O. The van der Waals surface area contributed by atoms with Crippen molar-refractivity contribution in [2.75, 3.05) is 6.54 Å². The number of nitrogens with two attached hydrogens (primary N) is 1. The van der Waals surface area contributed by atoms with E-state index in [-0.39, 0.29) is 6.54 Å². The van der Waals surface area contributed by atoms with Crippen LogP contribution in [-0.4, -0.2) is 21.6 Å². The van der Waals surface area contributed by atoms with Crippen molar-refractivity contribution in [3.05, 3.63) is 54.5 Å². The number of H-pyrrole nitrogens is 1. The lowest BCUT2D eigenvalue weighted by Crippen LogP contribution is -2.11. The maximum absolute atomic E-state index is 9.82. The first-order valence-corrected chi connectivity index (χ1v) is 6.19. The van der Waals surface area contributed by atoms with Crippen LogP contribution in [-0.2, 0) is 0 Å². The van der Waals surface area contributed by atoms with Gasteiger partial charge in [-0.15, -0.1) is 0 Å². The molecule has 0 amide bonds. The highest BCUT2D eigenvalue weighted by atomic mass is 16.3. The van der Waals surface area contributed by atoms with Gasteiger partial charge in [0.1, 0.15) is 0 Å². The molecule has 0 radical (unpaired) electrons. The minimum absolute atomic E-state index is 0.221. The number of aromatic amines is 1. The van der Waals surface area contributed by atoms with Gasteiger partial charge in [-0.05, 0) is 23.3 Å². The Morgan fingerprint density at radius 3 is 3.05 bits per heavy atom. The average Bonchev–Trinajstić information content (AvgIpc) is 2.90. The van der Waals surface area contributed by atoms with E-state index in [0.29, 0.717) is 0 Å². The zero-order valence-corrected chi connectivity index (χ0v) is 10.4. The topological polar surface area (TPSA) is 74.9 Å². The molecule has 1 aromatic carbocycles. The minimum atomic E-state index is -0.622. The van der Waals surface area contributed by atoms with Crippen LogP contribution in [0.3, 0.4) is 0 Å². The number of aliphatic hydroxyl groups excluding tert-OH is 1. The number of benzene rings is 1. The first-order valence-electron chi connectivity index (χ1n) is 6.19. The van der Waals surface area contributed by atoms with Gasteiger partial charge in [0.2, 0.25) is 0 Å². The predicted molar refractivity (Wildman–Crippen MR) is 75.5 cm³/mol. The van der Waals surface area contributed by atoms with Crippen molar-refractivity contribution < 1.29 is 5.11 Å². The molecule has 3 rings (SSSR count). The molecule has 0 aliphatic carbocycles. The molecule has 0 aliphatic rings. The van der Waals surface area contributed by atoms with Crippen molar-refractivity contribution in [2.45, 2.75) is 6.10 Å². The Morgan fingerprint density at radius 2 is 2.21 bits per heavy atom. The summed E-state index contributed by atoms with van der Waals surface area (Å²) in [7, 11) is 0. The molecule has 0 saturated carbocycles. The first kappa shape index (κ1) is 11.9. The van der Waals surface area contributed by atoms with Crippen molar-refractivity contribution in [1.29, 1.82) is 0 Å². The van der Waals surface area contributed by atoms with Gasteiger partial charge in [0, 0.05) is 41.6 Å². The normalized spacial score (nSPS) is 12.7. The van der Waals surface area contributed by atoms with Crippen LogP contribution >= 0.6 is 0 Å². The Bertz CT molecular complexity index is 705. The maximum atomic E-state index is 9.82. The van der Waals surface area contributed by atoms with E-state index in [1.807, 2.05) is 42.7 Å². The summed E-state index contributed by atoms with van der Waals surface area (Å²) in [5, 5.41) is 10.9. The van der Waals surface area contributed by atoms with Crippen LogP contribution in [0.2, 0.25) is 0 Å². The second-order valence-electron chi connectivity index (χ2n) is 4.50. The number of pyridine rings is 1. The highest BCUT2D eigenvalue weighted by Gasteiger charge is 2.09. The van der Waals surface area contributed by atoms with E-state index in [1.165, 1.54) is 0 Å². The largest absolute Gasteiger partial charge is 0.387 e. The summed E-state index contributed by atoms with van der Waals surface area (Å²) in [4.78, 5) is 7.38. The first-order chi connectivity index (χ1) is 9.29. The molecule has 4 N–H and O–H groups in total. The van der Waals surface area contributed by atoms with Crippen LogP contribution in [0.25, 0.3) is 22.0 Å². The molecular weight excluding hydrogens is 238 g/mol. The number of aliphatic hydroxyl groups is 1. The van der Waals surface area contributed by atoms with E-state index in [2.05, 4.69) is 9.97 Å². The standard InChI is InChI=1S/C15H15N3O/c16-7-15(19)11-3-1-2-10(6-11)12-9-18-14-4-5-17-8-13(12)14/h1-6,8-9,15,18-19H,7,16H2/t15-/m1/s1. The van der Waals surface area contributed by atoms with E-state index < -0.39 is 6.10 Å². The molecule has 0 unspecified atom stereocenters. The molecule has 3 aromatic rings. The Labute approximate surface area is 110 Å². The summed E-state index contributed by atoms with van der Waals surface area (Å²) >= 11 is 0. The Hall–Kier alpha value is -2.17. The lowest BCUT2D eigenvalue weighted by atomic mass is 10.0. The number of hydrogen-bond acceptors (Lipinski definition) is 3. The highest BCUT2D eigenvalue weighted by molar-refractivity contribution is 5.94. The van der Waals surface area contributed by atoms with Gasteiger partial charge in [0.25, 0.3) is 0 Å². The van der Waals surface area contributed by atoms with Gasteiger partial charge in [-0.2, -0.15) is 0 Å². The number of nitrogens with zero attached hydrogens (tertiary/aromatic N) is 1. The quantitative estimate of drug-likeness (QED) is 0.670. The number of aromatic nitrogens is 2. The predicted octanol–water partition coefficient (Wildman–Crippen LogP) is 2.22. The fourth-order valence-corrected chi connectivity index (χ4v) is 2.25. The maximum Gasteiger partial charge on any atom is 0.0912 e. The number of rotatable bonds is 3. The van der Waals surface area contributed by atoms with Crippen LogP contribution in [0.1, 0.15) is 11.7 Å². The third-order valence-electron chi connectivity index (χ3n) is 3.29. The highest BCUT2D eigenvalue weighted by Crippen LogP contribution is 2.29. The van der Waals surface area contributed by atoms with Gasteiger partial charge in [0.15, 0.2) is 0 Å². The third-order valence-corrected chi connectivity index (χ3v) is 3.29. The summed E-state index contributed by atoms with van der Waals surface area (Å²) in [5.74, 6) is 0. The lowest BCUT2D eigenvalue weighted by Gasteiger charge is -2.09. The van der Waals surface area contributed by atoms with Crippen molar-refractivity contribution in [2.24, 2.45) is 5.73 Å². The second-order valence-corrected chi connectivity index (χ2v) is 4.50. The van der Waals surface area contributed by atoms with E-state index in [0.717, 1.165) is 27.6 Å². The van der Waals surface area contributed by atoms with Crippen LogP contribution in [0.15, 0.2) is 48.9 Å². The summed E-state index contributed by atoms with van der Waals surface area (Å²) in [6.07, 6.45) is 4.94. The second kappa shape index (κ2) is 4.84. The van der Waals surface area contributed by atoms with Gasteiger partial charge in [-0.25, -0.2) is 0 Å². The molecule has 0 aliphatic heterocycles. The van der Waals surface area contributed by atoms with Gasteiger partial charge in [-0.3, -0.25) is 4.98 Å². The summed E-state index contributed by atoms with van der Waals surface area (Å²) in [6, 6.07) is 9.74. The van der Waals surface area contributed by atoms with Crippen molar-refractivity contribution in [1.82, 2.24) is 9.97 Å². The SMILES string of the molecule is NC[C@@H](O)c1cccc(-c2c[nH]c3ccncc23)c1. The zero-order valence-electron chi connectivity index (χ0n) is 10.4. The molecule has 4 nitrogen and oxygen atoms in total. The minimum Gasteiger partial charge on any atom is -0.387 e. The molecule has 1 atom stereocenters. The molecule has 2 aromatic heterocycles. The summed E-state index contributed by atoms with van der Waals surface area (Å²) < 4.78 is 0. The van der Waals surface area contributed by atoms with Crippen molar-refractivity contribution >= 4 is 10.9 Å². The number of fused-ring (bicyclic) bond motifs is 1. The van der Waals surface area contributed by atoms with E-state index >= 15 is 0 Å². The zero-order chi connectivity index (χ0) is 13.2. The Kier molecular flexibility index (Phi) is 3.03. The lowest BCUT2D eigenvalue weighted by molar-refractivity contribution is 0.187. The molecule has 0 spiro atoms. The summed E-state index contributed by atoms with van der Waals surface area (Å²) in [5.41, 5.74) is 9.50. The van der Waals surface area contributed by atoms with Gasteiger partial charge in [-0.1, -0.05) is 18.2 Å². The van der Waals surface area contributed by atoms with Gasteiger partial charge in [0.05, 0.1) is 6.10 Å². The molecule has 0 saturated heterocycles. The van der Waals surface area contributed by atoms with Crippen LogP contribution in [0, 0.1) is 0 Å². The average molecular weight is 253 g/mol. The van der Waals surface area contributed by atoms with Crippen molar-refractivity contribution in [3.8, 4) is 11.1 Å². The molecule has 2 heterocycles. The van der Waals surface area contributed by atoms with Crippen LogP contribution in [0.5, 0.6) is 0 Å². The molecule has 4 heteroatoms. The summed E-state index contributed by atoms with van der Waals surface area (Å²) in [6.45, 7) is 0.221. The smallest absolute Gasteiger partial charge is 0.0912 e.